The van der Waals surface area contributed by atoms with Crippen molar-refractivity contribution in [1.29, 1.82) is 0 Å². The largest absolute Gasteiger partial charge is 0.481 e. The van der Waals surface area contributed by atoms with E-state index in [-0.39, 0.29) is 5.92 Å². The number of carbonyl (C=O) groups is 1. The number of aliphatic carboxylic acids is 1. The maximum atomic E-state index is 11.4. The number of halogens is 1. The highest BCUT2D eigenvalue weighted by molar-refractivity contribution is 7.19. The fourth-order valence-corrected chi connectivity index (χ4v) is 5.55. The molecule has 0 saturated heterocycles. The smallest absolute Gasteiger partial charge is 0.306 e. The van der Waals surface area contributed by atoms with Crippen LogP contribution in [0.1, 0.15) is 29.5 Å². The van der Waals surface area contributed by atoms with Gasteiger partial charge in [-0.05, 0) is 37.8 Å². The highest BCUT2D eigenvalue weighted by atomic mass is 35.5. The van der Waals surface area contributed by atoms with Crippen LogP contribution in [0.15, 0.2) is 23.6 Å². The van der Waals surface area contributed by atoms with Crippen molar-refractivity contribution in [2.45, 2.75) is 38.1 Å². The van der Waals surface area contributed by atoms with Gasteiger partial charge < -0.3 is 10.4 Å². The van der Waals surface area contributed by atoms with E-state index in [9.17, 15) is 9.90 Å². The van der Waals surface area contributed by atoms with Crippen LogP contribution in [0.2, 0.25) is 0 Å². The SMILES string of the molecule is CC1(Nc2ncnc3sc4c(c23)CCC(C(=O)O)C4)Cc2ccnn2C=C1Cl. The van der Waals surface area contributed by atoms with E-state index in [0.717, 1.165) is 33.0 Å². The van der Waals surface area contributed by atoms with Gasteiger partial charge in [0.1, 0.15) is 17.0 Å². The van der Waals surface area contributed by atoms with Crippen molar-refractivity contribution in [3.63, 3.8) is 0 Å². The number of anilines is 1. The summed E-state index contributed by atoms with van der Waals surface area (Å²) < 4.78 is 1.79. The molecule has 0 aromatic carbocycles. The molecule has 28 heavy (non-hydrogen) atoms. The predicted molar refractivity (Wildman–Crippen MR) is 109 cm³/mol. The molecular weight excluding hydrogens is 398 g/mol. The Morgan fingerprint density at radius 2 is 2.32 bits per heavy atom. The van der Waals surface area contributed by atoms with Gasteiger partial charge in [0.05, 0.1) is 21.9 Å². The van der Waals surface area contributed by atoms with Gasteiger partial charge in [0.15, 0.2) is 0 Å². The van der Waals surface area contributed by atoms with E-state index in [4.69, 9.17) is 11.6 Å². The Balaban J connectivity index is 1.55. The number of carboxylic acids is 1. The summed E-state index contributed by atoms with van der Waals surface area (Å²) in [6.45, 7) is 2.05. The molecule has 5 rings (SSSR count). The van der Waals surface area contributed by atoms with E-state index in [1.807, 2.05) is 12.3 Å². The Morgan fingerprint density at radius 3 is 3.14 bits per heavy atom. The molecule has 4 heterocycles. The molecule has 2 atom stereocenters. The average molecular weight is 416 g/mol. The molecule has 0 fully saturated rings. The summed E-state index contributed by atoms with van der Waals surface area (Å²) in [4.78, 5) is 22.3. The Bertz CT molecular complexity index is 1140. The molecule has 2 unspecified atom stereocenters. The molecule has 2 aliphatic rings. The first-order valence-corrected chi connectivity index (χ1v) is 10.3. The topological polar surface area (TPSA) is 92.9 Å². The number of carboxylic acid groups (broad SMARTS) is 1. The second kappa shape index (κ2) is 6.28. The molecule has 7 nitrogen and oxygen atoms in total. The molecular formula is C19H18ClN5O2S. The zero-order chi connectivity index (χ0) is 19.5. The number of nitrogens with one attached hydrogen (secondary N) is 1. The fraction of sp³-hybridized carbons (Fsp3) is 0.368. The lowest BCUT2D eigenvalue weighted by Crippen LogP contribution is -2.41. The standard InChI is InChI=1S/C19H18ClN5O2S/c1-19(7-11-4-5-23-25(11)8-14(19)20)24-16-15-12-3-2-10(18(26)27)6-13(12)28-17(15)22-9-21-16/h4-5,8-10H,2-3,6-7H2,1H3,(H,26,27)(H,21,22,24). The second-order valence-electron chi connectivity index (χ2n) is 7.56. The molecule has 3 aromatic rings. The lowest BCUT2D eigenvalue weighted by molar-refractivity contribution is -0.142. The van der Waals surface area contributed by atoms with Crippen molar-refractivity contribution >= 4 is 51.1 Å². The number of aryl methyl sites for hydroxylation is 1. The maximum Gasteiger partial charge on any atom is 0.306 e. The predicted octanol–water partition coefficient (Wildman–Crippen LogP) is 3.54. The summed E-state index contributed by atoms with van der Waals surface area (Å²) in [5.74, 6) is -0.299. The van der Waals surface area contributed by atoms with Crippen molar-refractivity contribution in [2.75, 3.05) is 5.32 Å². The van der Waals surface area contributed by atoms with Crippen LogP contribution < -0.4 is 5.32 Å². The number of aromatic nitrogens is 4. The van der Waals surface area contributed by atoms with Crippen LogP contribution in [-0.4, -0.2) is 36.4 Å². The Morgan fingerprint density at radius 1 is 1.46 bits per heavy atom. The van der Waals surface area contributed by atoms with Crippen LogP contribution in [0, 0.1) is 5.92 Å². The molecule has 0 bridgehead atoms. The molecule has 144 valence electrons. The second-order valence-corrected chi connectivity index (χ2v) is 9.05. The summed E-state index contributed by atoms with van der Waals surface area (Å²) in [5, 5.41) is 18.8. The molecule has 1 aliphatic heterocycles. The third kappa shape index (κ3) is 2.70. The zero-order valence-corrected chi connectivity index (χ0v) is 16.7. The summed E-state index contributed by atoms with van der Waals surface area (Å²) in [6.07, 6.45) is 7.74. The van der Waals surface area contributed by atoms with Crippen LogP contribution in [0.4, 0.5) is 5.82 Å². The first-order chi connectivity index (χ1) is 13.4. The van der Waals surface area contributed by atoms with Gasteiger partial charge in [-0.1, -0.05) is 11.6 Å². The number of thiophene rings is 1. The van der Waals surface area contributed by atoms with Crippen LogP contribution in [0.25, 0.3) is 16.4 Å². The molecule has 1 aliphatic carbocycles. The van der Waals surface area contributed by atoms with E-state index >= 15 is 0 Å². The van der Waals surface area contributed by atoms with E-state index in [1.165, 1.54) is 5.56 Å². The van der Waals surface area contributed by atoms with Gasteiger partial charge >= 0.3 is 5.97 Å². The molecule has 2 N–H and O–H groups in total. The van der Waals surface area contributed by atoms with Crippen LogP contribution in [0.3, 0.4) is 0 Å². The minimum absolute atomic E-state index is 0.321. The number of hydrogen-bond acceptors (Lipinski definition) is 6. The number of fused-ring (bicyclic) bond motifs is 4. The van der Waals surface area contributed by atoms with Crippen LogP contribution in [-0.2, 0) is 24.1 Å². The molecule has 9 heteroatoms. The van der Waals surface area contributed by atoms with Gasteiger partial charge in [-0.3, -0.25) is 4.79 Å². The van der Waals surface area contributed by atoms with Crippen molar-refractivity contribution < 1.29 is 9.90 Å². The normalized spacial score (nSPS) is 23.8. The van der Waals surface area contributed by atoms with E-state index < -0.39 is 11.5 Å². The van der Waals surface area contributed by atoms with Crippen molar-refractivity contribution in [1.82, 2.24) is 19.7 Å². The molecule has 0 radical (unpaired) electrons. The first kappa shape index (κ1) is 17.6. The van der Waals surface area contributed by atoms with Crippen molar-refractivity contribution in [2.24, 2.45) is 5.92 Å². The minimum atomic E-state index is -0.726. The zero-order valence-electron chi connectivity index (χ0n) is 15.1. The lowest BCUT2D eigenvalue weighted by Gasteiger charge is -2.34. The van der Waals surface area contributed by atoms with Gasteiger partial charge in [-0.25, -0.2) is 14.6 Å². The Kier molecular flexibility index (Phi) is 3.96. The van der Waals surface area contributed by atoms with E-state index in [1.54, 1.807) is 28.5 Å². The van der Waals surface area contributed by atoms with Gasteiger partial charge in [0, 0.05) is 29.4 Å². The highest BCUT2D eigenvalue weighted by Gasteiger charge is 2.35. The Hall–Kier alpha value is -2.45. The van der Waals surface area contributed by atoms with Crippen LogP contribution in [0.5, 0.6) is 0 Å². The monoisotopic (exact) mass is 415 g/mol. The quantitative estimate of drug-likeness (QED) is 0.679. The summed E-state index contributed by atoms with van der Waals surface area (Å²) in [7, 11) is 0. The lowest BCUT2D eigenvalue weighted by atomic mass is 9.87. The third-order valence-electron chi connectivity index (χ3n) is 5.64. The van der Waals surface area contributed by atoms with Gasteiger partial charge in [0.2, 0.25) is 0 Å². The van der Waals surface area contributed by atoms with E-state index in [0.29, 0.717) is 24.3 Å². The van der Waals surface area contributed by atoms with Gasteiger partial charge in [-0.2, -0.15) is 5.10 Å². The third-order valence-corrected chi connectivity index (χ3v) is 7.32. The molecule has 3 aromatic heterocycles. The molecule has 0 amide bonds. The number of rotatable bonds is 3. The summed E-state index contributed by atoms with van der Waals surface area (Å²) in [5.41, 5.74) is 1.73. The number of nitrogens with zero attached hydrogens (tertiary/aromatic N) is 4. The van der Waals surface area contributed by atoms with E-state index in [2.05, 4.69) is 27.3 Å². The molecule has 0 spiro atoms. The van der Waals surface area contributed by atoms with Crippen molar-refractivity contribution in [3.8, 4) is 0 Å². The van der Waals surface area contributed by atoms with Crippen LogP contribution >= 0.6 is 22.9 Å². The Labute approximate surface area is 170 Å². The summed E-state index contributed by atoms with van der Waals surface area (Å²) >= 11 is 8.18. The van der Waals surface area contributed by atoms with Crippen molar-refractivity contribution in [3.05, 3.63) is 39.8 Å². The fourth-order valence-electron chi connectivity index (χ4n) is 4.08. The minimum Gasteiger partial charge on any atom is -0.481 e. The summed E-state index contributed by atoms with van der Waals surface area (Å²) in [6, 6.07) is 1.98. The highest BCUT2D eigenvalue weighted by Crippen LogP contribution is 2.42. The molecule has 0 saturated carbocycles. The number of hydrogen-bond donors (Lipinski definition) is 2. The maximum absolute atomic E-state index is 11.4. The van der Waals surface area contributed by atoms with Gasteiger partial charge in [0.25, 0.3) is 0 Å². The van der Waals surface area contributed by atoms with Gasteiger partial charge in [-0.15, -0.1) is 11.3 Å². The first-order valence-electron chi connectivity index (χ1n) is 9.11. The average Bonchev–Trinajstić information content (AvgIpc) is 3.25.